The Labute approximate surface area is 155 Å². The van der Waals surface area contributed by atoms with Crippen LogP contribution in [0.1, 0.15) is 46.7 Å². The summed E-state index contributed by atoms with van der Waals surface area (Å²) in [5, 5.41) is 0. The maximum Gasteiger partial charge on any atom is 0.230 e. The number of benzene rings is 1. The van der Waals surface area contributed by atoms with Crippen LogP contribution in [0.5, 0.6) is 0 Å². The maximum absolute atomic E-state index is 13.4. The van der Waals surface area contributed by atoms with Crippen molar-refractivity contribution in [3.8, 4) is 0 Å². The molecule has 140 valence electrons. The molecule has 5 heteroatoms. The predicted molar refractivity (Wildman–Crippen MR) is 102 cm³/mol. The highest BCUT2D eigenvalue weighted by Crippen LogP contribution is 2.35. The third-order valence-corrected chi connectivity index (χ3v) is 6.21. The van der Waals surface area contributed by atoms with Gasteiger partial charge in [0.25, 0.3) is 0 Å². The van der Waals surface area contributed by atoms with Gasteiger partial charge in [-0.25, -0.2) is 0 Å². The monoisotopic (exact) mass is 355 g/mol. The molecule has 2 atom stereocenters. The molecule has 1 aromatic carbocycles. The van der Waals surface area contributed by atoms with Crippen molar-refractivity contribution < 1.29 is 9.59 Å². The van der Waals surface area contributed by atoms with E-state index >= 15 is 0 Å². The van der Waals surface area contributed by atoms with Crippen LogP contribution in [-0.2, 0) is 4.79 Å². The molecular formula is C21H29N3O2. The fourth-order valence-electron chi connectivity index (χ4n) is 4.76. The molecule has 2 unspecified atom stereocenters. The summed E-state index contributed by atoms with van der Waals surface area (Å²) in [6, 6.07) is 6.17. The SMILES string of the molecule is Cc1ccc2c(c1)C(=O)CC2C(=O)N1CCN(C)CC1CN1CCCC1. The number of piperazine rings is 1. The maximum atomic E-state index is 13.4. The number of carbonyl (C=O) groups excluding carboxylic acids is 2. The van der Waals surface area contributed by atoms with Crippen LogP contribution in [0, 0.1) is 6.92 Å². The van der Waals surface area contributed by atoms with Crippen molar-refractivity contribution in [2.75, 3.05) is 46.3 Å². The van der Waals surface area contributed by atoms with Crippen molar-refractivity contribution in [1.82, 2.24) is 14.7 Å². The van der Waals surface area contributed by atoms with E-state index in [9.17, 15) is 9.59 Å². The lowest BCUT2D eigenvalue weighted by molar-refractivity contribution is -0.138. The topological polar surface area (TPSA) is 43.9 Å². The van der Waals surface area contributed by atoms with Gasteiger partial charge in [-0.2, -0.15) is 0 Å². The van der Waals surface area contributed by atoms with Gasteiger partial charge < -0.3 is 14.7 Å². The fraction of sp³-hybridized carbons (Fsp3) is 0.619. The first-order chi connectivity index (χ1) is 12.5. The number of amides is 1. The standard InChI is InChI=1S/C21H29N3O2/c1-15-5-6-17-18(11-15)20(25)12-19(17)21(26)24-10-9-22(2)13-16(24)14-23-7-3-4-8-23/h5-6,11,16,19H,3-4,7-10,12-14H2,1-2H3. The Morgan fingerprint density at radius 1 is 1.15 bits per heavy atom. The number of likely N-dealkylation sites (tertiary alicyclic amines) is 1. The molecule has 26 heavy (non-hydrogen) atoms. The second-order valence-electron chi connectivity index (χ2n) is 8.23. The molecule has 0 radical (unpaired) electrons. The molecule has 2 aliphatic heterocycles. The predicted octanol–water partition coefficient (Wildman–Crippen LogP) is 1.90. The second kappa shape index (κ2) is 7.12. The molecule has 5 nitrogen and oxygen atoms in total. The molecule has 0 saturated carbocycles. The summed E-state index contributed by atoms with van der Waals surface area (Å²) in [6.45, 7) is 7.83. The highest BCUT2D eigenvalue weighted by molar-refractivity contribution is 6.06. The van der Waals surface area contributed by atoms with E-state index in [4.69, 9.17) is 0 Å². The first-order valence-corrected chi connectivity index (χ1v) is 9.88. The lowest BCUT2D eigenvalue weighted by Crippen LogP contribution is -2.58. The quantitative estimate of drug-likeness (QED) is 0.831. The van der Waals surface area contributed by atoms with E-state index < -0.39 is 0 Å². The molecule has 2 heterocycles. The number of likely N-dealkylation sites (N-methyl/N-ethyl adjacent to an activating group) is 1. The molecule has 4 rings (SSSR count). The number of rotatable bonds is 3. The minimum absolute atomic E-state index is 0.118. The highest BCUT2D eigenvalue weighted by Gasteiger charge is 2.40. The van der Waals surface area contributed by atoms with E-state index in [2.05, 4.69) is 21.7 Å². The summed E-state index contributed by atoms with van der Waals surface area (Å²) < 4.78 is 0. The minimum Gasteiger partial charge on any atom is -0.335 e. The Morgan fingerprint density at radius 2 is 1.92 bits per heavy atom. The van der Waals surface area contributed by atoms with Crippen molar-refractivity contribution >= 4 is 11.7 Å². The molecule has 1 aromatic rings. The number of aryl methyl sites for hydroxylation is 1. The molecule has 3 aliphatic rings. The lowest BCUT2D eigenvalue weighted by Gasteiger charge is -2.42. The van der Waals surface area contributed by atoms with E-state index in [1.165, 1.54) is 12.8 Å². The summed E-state index contributed by atoms with van der Waals surface area (Å²) in [7, 11) is 2.13. The first-order valence-electron chi connectivity index (χ1n) is 9.88. The van der Waals surface area contributed by atoms with Gasteiger partial charge in [0, 0.05) is 38.2 Å². The lowest BCUT2D eigenvalue weighted by atomic mass is 9.97. The summed E-state index contributed by atoms with van der Waals surface area (Å²) in [5.41, 5.74) is 2.77. The number of ketones is 1. The van der Waals surface area contributed by atoms with Gasteiger partial charge in [0.2, 0.25) is 5.91 Å². The van der Waals surface area contributed by atoms with E-state index in [-0.39, 0.29) is 23.7 Å². The van der Waals surface area contributed by atoms with Crippen LogP contribution in [0.25, 0.3) is 0 Å². The molecule has 1 amide bonds. The zero-order chi connectivity index (χ0) is 18.3. The van der Waals surface area contributed by atoms with Crippen molar-refractivity contribution in [1.29, 1.82) is 0 Å². The molecule has 0 bridgehead atoms. The van der Waals surface area contributed by atoms with Gasteiger partial charge in [-0.05, 0) is 51.5 Å². The van der Waals surface area contributed by atoms with Gasteiger partial charge in [0.1, 0.15) is 0 Å². The van der Waals surface area contributed by atoms with Gasteiger partial charge in [-0.15, -0.1) is 0 Å². The Kier molecular flexibility index (Phi) is 4.84. The van der Waals surface area contributed by atoms with E-state index in [1.807, 2.05) is 25.1 Å². The number of nitrogens with zero attached hydrogens (tertiary/aromatic N) is 3. The molecule has 0 spiro atoms. The molecule has 0 N–H and O–H groups in total. The summed E-state index contributed by atoms with van der Waals surface area (Å²) in [4.78, 5) is 32.7. The van der Waals surface area contributed by atoms with Crippen molar-refractivity contribution in [2.45, 2.75) is 38.1 Å². The normalized spacial score (nSPS) is 27.2. The van der Waals surface area contributed by atoms with E-state index in [1.54, 1.807) is 0 Å². The summed E-state index contributed by atoms with van der Waals surface area (Å²) in [6.07, 6.45) is 2.86. The average Bonchev–Trinajstić information content (AvgIpc) is 3.23. The zero-order valence-electron chi connectivity index (χ0n) is 15.9. The number of fused-ring (bicyclic) bond motifs is 1. The van der Waals surface area contributed by atoms with Crippen molar-refractivity contribution in [2.24, 2.45) is 0 Å². The number of Topliss-reactive ketones (excluding diaryl/α,β-unsaturated/α-hetero) is 1. The van der Waals surface area contributed by atoms with Gasteiger partial charge >= 0.3 is 0 Å². The Bertz CT molecular complexity index is 711. The third-order valence-electron chi connectivity index (χ3n) is 6.21. The molecule has 2 fully saturated rings. The van der Waals surface area contributed by atoms with Gasteiger partial charge in [0.15, 0.2) is 5.78 Å². The summed E-state index contributed by atoms with van der Waals surface area (Å²) in [5.74, 6) is -0.0203. The molecule has 2 saturated heterocycles. The van der Waals surface area contributed by atoms with Gasteiger partial charge in [-0.3, -0.25) is 9.59 Å². The summed E-state index contributed by atoms with van der Waals surface area (Å²) >= 11 is 0. The van der Waals surface area contributed by atoms with Crippen molar-refractivity contribution in [3.05, 3.63) is 34.9 Å². The van der Waals surface area contributed by atoms with Crippen LogP contribution in [0.3, 0.4) is 0 Å². The molecule has 0 aromatic heterocycles. The van der Waals surface area contributed by atoms with Crippen molar-refractivity contribution in [3.63, 3.8) is 0 Å². The molecule has 1 aliphatic carbocycles. The number of carbonyl (C=O) groups is 2. The van der Waals surface area contributed by atoms with Crippen LogP contribution in [-0.4, -0.2) is 78.7 Å². The average molecular weight is 355 g/mol. The number of hydrogen-bond donors (Lipinski definition) is 0. The first kappa shape index (κ1) is 17.7. The largest absolute Gasteiger partial charge is 0.335 e. The second-order valence-corrected chi connectivity index (χ2v) is 8.23. The molecular weight excluding hydrogens is 326 g/mol. The minimum atomic E-state index is -0.289. The zero-order valence-corrected chi connectivity index (χ0v) is 15.9. The van der Waals surface area contributed by atoms with Crippen LogP contribution in [0.15, 0.2) is 18.2 Å². The Hall–Kier alpha value is -1.72. The third kappa shape index (κ3) is 3.30. The van der Waals surface area contributed by atoms with Crippen LogP contribution >= 0.6 is 0 Å². The van der Waals surface area contributed by atoms with E-state index in [0.717, 1.165) is 56.0 Å². The van der Waals surface area contributed by atoms with Crippen LogP contribution < -0.4 is 0 Å². The smallest absolute Gasteiger partial charge is 0.230 e. The van der Waals surface area contributed by atoms with Crippen LogP contribution in [0.4, 0.5) is 0 Å². The highest BCUT2D eigenvalue weighted by atomic mass is 16.2. The Balaban J connectivity index is 1.55. The van der Waals surface area contributed by atoms with Crippen LogP contribution in [0.2, 0.25) is 0 Å². The van der Waals surface area contributed by atoms with Gasteiger partial charge in [0.05, 0.1) is 12.0 Å². The number of hydrogen-bond acceptors (Lipinski definition) is 4. The Morgan fingerprint density at radius 3 is 2.69 bits per heavy atom. The van der Waals surface area contributed by atoms with Gasteiger partial charge in [-0.1, -0.05) is 17.7 Å². The fourth-order valence-corrected chi connectivity index (χ4v) is 4.76. The van der Waals surface area contributed by atoms with E-state index in [0.29, 0.717) is 6.42 Å².